The summed E-state index contributed by atoms with van der Waals surface area (Å²) >= 11 is 0. The Morgan fingerprint density at radius 3 is 2.35 bits per heavy atom. The zero-order valence-electron chi connectivity index (χ0n) is 15.7. The van der Waals surface area contributed by atoms with E-state index in [1.807, 2.05) is 6.07 Å². The molecule has 142 valence electrons. The molecule has 26 heavy (non-hydrogen) atoms. The number of esters is 1. The Hall–Kier alpha value is -2.11. The summed E-state index contributed by atoms with van der Waals surface area (Å²) in [6, 6.07) is 3.62. The maximum atomic E-state index is 12.8. The molecule has 2 saturated heterocycles. The van der Waals surface area contributed by atoms with E-state index < -0.39 is 0 Å². The average molecular weight is 359 g/mol. The Kier molecular flexibility index (Phi) is 6.47. The number of hydrogen-bond donors (Lipinski definition) is 0. The van der Waals surface area contributed by atoms with Crippen LogP contribution in [0.25, 0.3) is 0 Å². The topological polar surface area (TPSA) is 62.7 Å². The van der Waals surface area contributed by atoms with E-state index in [1.54, 1.807) is 19.2 Å². The van der Waals surface area contributed by atoms with E-state index in [4.69, 9.17) is 4.74 Å². The molecule has 0 saturated carbocycles. The zero-order chi connectivity index (χ0) is 18.4. The van der Waals surface area contributed by atoms with Crippen LogP contribution in [0.15, 0.2) is 18.3 Å². The highest BCUT2D eigenvalue weighted by Gasteiger charge is 2.29. The Morgan fingerprint density at radius 1 is 1.08 bits per heavy atom. The fourth-order valence-electron chi connectivity index (χ4n) is 3.81. The number of aromatic nitrogens is 1. The predicted octanol–water partition coefficient (Wildman–Crippen LogP) is 2.88. The molecule has 1 aromatic rings. The summed E-state index contributed by atoms with van der Waals surface area (Å²) in [6.07, 6.45) is 8.09. The van der Waals surface area contributed by atoms with Crippen molar-refractivity contribution in [1.29, 1.82) is 0 Å². The van der Waals surface area contributed by atoms with Crippen LogP contribution in [0, 0.1) is 5.92 Å². The molecular weight excluding hydrogens is 330 g/mol. The Morgan fingerprint density at radius 2 is 1.77 bits per heavy atom. The maximum absolute atomic E-state index is 12.8. The number of piperidine rings is 1. The fourth-order valence-corrected chi connectivity index (χ4v) is 3.81. The minimum atomic E-state index is -0.340. The van der Waals surface area contributed by atoms with Gasteiger partial charge in [-0.1, -0.05) is 12.8 Å². The highest BCUT2D eigenvalue weighted by Crippen LogP contribution is 2.24. The molecule has 2 aliphatic rings. The van der Waals surface area contributed by atoms with Crippen molar-refractivity contribution < 1.29 is 14.3 Å². The molecule has 0 bridgehead atoms. The van der Waals surface area contributed by atoms with Gasteiger partial charge in [0.2, 0.25) is 5.91 Å². The minimum Gasteiger partial charge on any atom is -0.462 e. The molecule has 6 heteroatoms. The number of likely N-dealkylation sites (tertiary alicyclic amines) is 1. The molecule has 0 N–H and O–H groups in total. The van der Waals surface area contributed by atoms with E-state index in [9.17, 15) is 9.59 Å². The van der Waals surface area contributed by atoms with Gasteiger partial charge in [0, 0.05) is 38.3 Å². The third-order valence-corrected chi connectivity index (χ3v) is 5.34. The van der Waals surface area contributed by atoms with Crippen LogP contribution in [-0.2, 0) is 9.53 Å². The molecule has 3 rings (SSSR count). The molecule has 6 nitrogen and oxygen atoms in total. The molecule has 0 radical (unpaired) electrons. The van der Waals surface area contributed by atoms with Crippen molar-refractivity contribution in [2.45, 2.75) is 45.4 Å². The summed E-state index contributed by atoms with van der Waals surface area (Å²) in [5.41, 5.74) is 0.474. The number of hydrogen-bond acceptors (Lipinski definition) is 5. The third kappa shape index (κ3) is 4.54. The van der Waals surface area contributed by atoms with Crippen molar-refractivity contribution in [3.63, 3.8) is 0 Å². The van der Waals surface area contributed by atoms with E-state index in [1.165, 1.54) is 12.8 Å². The van der Waals surface area contributed by atoms with Gasteiger partial charge < -0.3 is 14.5 Å². The fraction of sp³-hybridized carbons (Fsp3) is 0.650. The van der Waals surface area contributed by atoms with Crippen molar-refractivity contribution in [2.75, 3.05) is 37.7 Å². The molecule has 0 atom stereocenters. The number of pyridine rings is 1. The standard InChI is InChI=1S/C20H29N3O3/c1-2-26-20(25)17-7-8-18(21-15-17)22-13-9-16(10-14-22)19(24)23-11-5-3-4-6-12-23/h7-8,15-16H,2-6,9-14H2,1H3. The predicted molar refractivity (Wildman–Crippen MR) is 100 cm³/mol. The van der Waals surface area contributed by atoms with Gasteiger partial charge in [-0.25, -0.2) is 9.78 Å². The summed E-state index contributed by atoms with van der Waals surface area (Å²) < 4.78 is 4.99. The van der Waals surface area contributed by atoms with Gasteiger partial charge in [0.25, 0.3) is 0 Å². The van der Waals surface area contributed by atoms with Crippen molar-refractivity contribution >= 4 is 17.7 Å². The molecule has 0 aromatic carbocycles. The van der Waals surface area contributed by atoms with Gasteiger partial charge >= 0.3 is 5.97 Å². The second kappa shape index (κ2) is 9.01. The highest BCUT2D eigenvalue weighted by molar-refractivity contribution is 5.89. The van der Waals surface area contributed by atoms with Gasteiger partial charge in [-0.3, -0.25) is 4.79 Å². The zero-order valence-corrected chi connectivity index (χ0v) is 15.7. The van der Waals surface area contributed by atoms with Crippen LogP contribution in [0.2, 0.25) is 0 Å². The van der Waals surface area contributed by atoms with Gasteiger partial charge in [0.05, 0.1) is 12.2 Å². The molecule has 0 spiro atoms. The lowest BCUT2D eigenvalue weighted by atomic mass is 9.95. The van der Waals surface area contributed by atoms with Gasteiger partial charge in [0.1, 0.15) is 5.82 Å². The van der Waals surface area contributed by atoms with Crippen LogP contribution in [0.4, 0.5) is 5.82 Å². The normalized spacial score (nSPS) is 19.1. The lowest BCUT2D eigenvalue weighted by molar-refractivity contribution is -0.136. The van der Waals surface area contributed by atoms with Gasteiger partial charge in [0.15, 0.2) is 0 Å². The number of rotatable bonds is 4. The van der Waals surface area contributed by atoms with Crippen LogP contribution in [0.5, 0.6) is 0 Å². The molecule has 2 fully saturated rings. The lowest BCUT2D eigenvalue weighted by Gasteiger charge is -2.34. The van der Waals surface area contributed by atoms with Crippen molar-refractivity contribution in [3.8, 4) is 0 Å². The first-order chi connectivity index (χ1) is 12.7. The summed E-state index contributed by atoms with van der Waals surface area (Å²) in [7, 11) is 0. The summed E-state index contributed by atoms with van der Waals surface area (Å²) in [6.45, 7) is 5.66. The van der Waals surface area contributed by atoms with Gasteiger partial charge in [-0.2, -0.15) is 0 Å². The van der Waals surface area contributed by atoms with Crippen LogP contribution in [0.1, 0.15) is 55.8 Å². The first-order valence-electron chi connectivity index (χ1n) is 9.86. The maximum Gasteiger partial charge on any atom is 0.339 e. The molecular formula is C20H29N3O3. The monoisotopic (exact) mass is 359 g/mol. The van der Waals surface area contributed by atoms with E-state index in [0.717, 1.165) is 57.7 Å². The quantitative estimate of drug-likeness (QED) is 0.774. The number of ether oxygens (including phenoxy) is 1. The van der Waals surface area contributed by atoms with Crippen LogP contribution >= 0.6 is 0 Å². The number of amides is 1. The van der Waals surface area contributed by atoms with Crippen molar-refractivity contribution in [2.24, 2.45) is 5.92 Å². The SMILES string of the molecule is CCOC(=O)c1ccc(N2CCC(C(=O)N3CCCCCC3)CC2)nc1. The Labute approximate surface area is 155 Å². The van der Waals surface area contributed by atoms with E-state index in [-0.39, 0.29) is 11.9 Å². The summed E-state index contributed by atoms with van der Waals surface area (Å²) in [5.74, 6) is 1.01. The third-order valence-electron chi connectivity index (χ3n) is 5.34. The average Bonchev–Trinajstić information content (AvgIpc) is 2.97. The van der Waals surface area contributed by atoms with Crippen LogP contribution < -0.4 is 4.90 Å². The number of nitrogens with zero attached hydrogens (tertiary/aromatic N) is 3. The largest absolute Gasteiger partial charge is 0.462 e. The van der Waals surface area contributed by atoms with Crippen molar-refractivity contribution in [3.05, 3.63) is 23.9 Å². The summed E-state index contributed by atoms with van der Waals surface area (Å²) in [4.78, 5) is 33.2. The second-order valence-corrected chi connectivity index (χ2v) is 7.13. The second-order valence-electron chi connectivity index (χ2n) is 7.13. The Bertz CT molecular complexity index is 601. The van der Waals surface area contributed by atoms with Crippen LogP contribution in [0.3, 0.4) is 0 Å². The van der Waals surface area contributed by atoms with E-state index in [0.29, 0.717) is 18.1 Å². The molecule has 3 heterocycles. The highest BCUT2D eigenvalue weighted by atomic mass is 16.5. The van der Waals surface area contributed by atoms with Crippen LogP contribution in [-0.4, -0.2) is 54.5 Å². The van der Waals surface area contributed by atoms with Gasteiger partial charge in [-0.15, -0.1) is 0 Å². The first kappa shape index (κ1) is 18.7. The summed E-state index contributed by atoms with van der Waals surface area (Å²) in [5, 5.41) is 0. The lowest BCUT2D eigenvalue weighted by Crippen LogP contribution is -2.43. The van der Waals surface area contributed by atoms with E-state index >= 15 is 0 Å². The van der Waals surface area contributed by atoms with Crippen molar-refractivity contribution in [1.82, 2.24) is 9.88 Å². The minimum absolute atomic E-state index is 0.142. The number of anilines is 1. The number of carbonyl (C=O) groups excluding carboxylic acids is 2. The molecule has 0 unspecified atom stereocenters. The Balaban J connectivity index is 1.53. The van der Waals surface area contributed by atoms with E-state index in [2.05, 4.69) is 14.8 Å². The smallest absolute Gasteiger partial charge is 0.339 e. The van der Waals surface area contributed by atoms with Gasteiger partial charge in [-0.05, 0) is 44.7 Å². The molecule has 0 aliphatic carbocycles. The molecule has 2 aliphatic heterocycles. The molecule has 1 aromatic heterocycles. The molecule has 1 amide bonds. The number of carbonyl (C=O) groups is 2. The first-order valence-corrected chi connectivity index (χ1v) is 9.86.